The number of aromatic hydroxyl groups is 2. The Balaban J connectivity index is 2.18. The molecule has 12 heteroatoms. The molecule has 1 aliphatic rings. The fraction of sp³-hybridized carbons (Fsp3) is 0.471. The fourth-order valence-electron chi connectivity index (χ4n) is 3.09. The van der Waals surface area contributed by atoms with Gasteiger partial charge in [-0.2, -0.15) is 10.4 Å². The highest BCUT2D eigenvalue weighted by atomic mass is 35.5. The third-order valence-corrected chi connectivity index (χ3v) is 4.94. The van der Waals surface area contributed by atoms with Gasteiger partial charge in [-0.15, -0.1) is 0 Å². The molecule has 1 fully saturated rings. The van der Waals surface area contributed by atoms with E-state index in [0.717, 1.165) is 6.07 Å². The monoisotopic (exact) mass is 432 g/mol. The first kappa shape index (κ1) is 22.7. The van der Waals surface area contributed by atoms with Crippen LogP contribution < -0.4 is 5.23 Å². The molecule has 1 aromatic rings. The van der Waals surface area contributed by atoms with Gasteiger partial charge in [0.1, 0.15) is 5.56 Å². The van der Waals surface area contributed by atoms with Crippen LogP contribution in [0.3, 0.4) is 0 Å². The van der Waals surface area contributed by atoms with Gasteiger partial charge in [-0.25, -0.2) is 4.79 Å². The third-order valence-electron chi connectivity index (χ3n) is 4.65. The molecule has 5 N–H and O–H groups in total. The normalized spacial score (nSPS) is 14.8. The van der Waals surface area contributed by atoms with Crippen molar-refractivity contribution >= 4 is 35.2 Å². The lowest BCUT2D eigenvalue weighted by molar-refractivity contribution is -1.19. The van der Waals surface area contributed by atoms with Gasteiger partial charge >= 0.3 is 12.0 Å². The average Bonchev–Trinajstić information content (AvgIpc) is 2.68. The number of carbonyl (C=O) groups is 3. The zero-order valence-electron chi connectivity index (χ0n) is 15.9. The molecular weight excluding hydrogens is 410 g/mol. The van der Waals surface area contributed by atoms with Gasteiger partial charge in [0.25, 0.3) is 11.6 Å². The highest BCUT2D eigenvalue weighted by Crippen LogP contribution is 2.39. The van der Waals surface area contributed by atoms with Crippen LogP contribution >= 0.6 is 11.6 Å². The SMILES string of the molecule is CCOC(=O)C1CCN(C(=O)N(C)C(=O)c2c(Cl)cc(O)c(O)c2[NH+](O)O)CC1. The van der Waals surface area contributed by atoms with Crippen molar-refractivity contribution in [3.05, 3.63) is 16.7 Å². The van der Waals surface area contributed by atoms with Crippen molar-refractivity contribution < 1.29 is 45.0 Å². The minimum absolute atomic E-state index is 0.221. The summed E-state index contributed by atoms with van der Waals surface area (Å²) in [5.74, 6) is -3.39. The summed E-state index contributed by atoms with van der Waals surface area (Å²) in [5.41, 5.74) is -1.35. The zero-order valence-corrected chi connectivity index (χ0v) is 16.6. The van der Waals surface area contributed by atoms with Crippen LogP contribution in [0.25, 0.3) is 0 Å². The number of piperidine rings is 1. The van der Waals surface area contributed by atoms with Gasteiger partial charge in [0, 0.05) is 26.2 Å². The van der Waals surface area contributed by atoms with E-state index in [-0.39, 0.29) is 36.6 Å². The molecule has 0 atom stereocenters. The molecular formula is C17H23ClN3O8+. The molecule has 0 unspecified atom stereocenters. The largest absolute Gasteiger partial charge is 0.504 e. The van der Waals surface area contributed by atoms with Gasteiger partial charge < -0.3 is 19.8 Å². The zero-order chi connectivity index (χ0) is 21.9. The van der Waals surface area contributed by atoms with Crippen molar-refractivity contribution in [2.75, 3.05) is 26.7 Å². The highest BCUT2D eigenvalue weighted by molar-refractivity contribution is 6.35. The molecule has 11 nitrogen and oxygen atoms in total. The molecule has 1 saturated heterocycles. The lowest BCUT2D eigenvalue weighted by Gasteiger charge is -2.33. The molecule has 0 spiro atoms. The van der Waals surface area contributed by atoms with Gasteiger partial charge in [-0.3, -0.25) is 14.5 Å². The molecule has 1 aliphatic heterocycles. The molecule has 2 rings (SSSR count). The smallest absolute Gasteiger partial charge is 0.326 e. The van der Waals surface area contributed by atoms with Gasteiger partial charge in [-0.1, -0.05) is 11.6 Å². The molecule has 0 aromatic heterocycles. The summed E-state index contributed by atoms with van der Waals surface area (Å²) < 4.78 is 4.97. The van der Waals surface area contributed by atoms with Gasteiger partial charge in [-0.05, 0) is 25.0 Å². The number of urea groups is 1. The van der Waals surface area contributed by atoms with Crippen molar-refractivity contribution in [1.29, 1.82) is 0 Å². The van der Waals surface area contributed by atoms with Crippen LogP contribution in [0.2, 0.25) is 5.02 Å². The summed E-state index contributed by atoms with van der Waals surface area (Å²) in [6.45, 7) is 2.42. The number of rotatable bonds is 4. The van der Waals surface area contributed by atoms with Gasteiger partial charge in [0.15, 0.2) is 5.75 Å². The number of halogens is 1. The topological polar surface area (TPSA) is 152 Å². The average molecular weight is 433 g/mol. The van der Waals surface area contributed by atoms with E-state index in [9.17, 15) is 35.0 Å². The number of imide groups is 1. The Morgan fingerprint density at radius 1 is 1.28 bits per heavy atom. The molecule has 0 aliphatic carbocycles. The number of likely N-dealkylation sites (tertiary alicyclic amines) is 1. The Labute approximate surface area is 171 Å². The maximum Gasteiger partial charge on any atom is 0.326 e. The van der Waals surface area contributed by atoms with E-state index < -0.39 is 39.9 Å². The van der Waals surface area contributed by atoms with Crippen LogP contribution in [-0.4, -0.2) is 75.1 Å². The molecule has 160 valence electrons. The third kappa shape index (κ3) is 4.70. The summed E-state index contributed by atoms with van der Waals surface area (Å²) in [7, 11) is 1.17. The molecule has 0 radical (unpaired) electrons. The lowest BCUT2D eigenvalue weighted by atomic mass is 9.97. The number of nitrogens with one attached hydrogen (secondary N) is 1. The number of quaternary nitrogens is 1. The molecule has 0 bridgehead atoms. The van der Waals surface area contributed by atoms with Crippen molar-refractivity contribution in [1.82, 2.24) is 9.80 Å². The number of hydrogen-bond acceptors (Lipinski definition) is 8. The minimum atomic E-state index is -1.44. The number of hydrogen-bond donors (Lipinski definition) is 5. The Morgan fingerprint density at radius 2 is 1.86 bits per heavy atom. The fourth-order valence-corrected chi connectivity index (χ4v) is 3.37. The van der Waals surface area contributed by atoms with E-state index >= 15 is 0 Å². The van der Waals surface area contributed by atoms with Crippen molar-refractivity contribution in [3.63, 3.8) is 0 Å². The van der Waals surface area contributed by atoms with E-state index in [1.165, 1.54) is 11.9 Å². The van der Waals surface area contributed by atoms with E-state index in [4.69, 9.17) is 16.3 Å². The number of esters is 1. The molecule has 29 heavy (non-hydrogen) atoms. The van der Waals surface area contributed by atoms with Crippen LogP contribution in [0.4, 0.5) is 10.5 Å². The standard InChI is InChI=1S/C17H22ClN3O8/c1-3-29-16(25)9-4-6-20(7-5-9)17(26)19(2)15(24)12-10(18)8-11(22)14(23)13(12)21(27)28/h8-9,22-23,27-28H,3-7H2,1-2H3/p+1. The van der Waals surface area contributed by atoms with E-state index in [0.29, 0.717) is 17.7 Å². The summed E-state index contributed by atoms with van der Waals surface area (Å²) >= 11 is 5.93. The second kappa shape index (κ2) is 9.27. The maximum absolute atomic E-state index is 12.8. The lowest BCUT2D eigenvalue weighted by Crippen LogP contribution is -3.02. The number of nitrogens with zero attached hydrogens (tertiary/aromatic N) is 2. The Kier molecular flexibility index (Phi) is 7.25. The summed E-state index contributed by atoms with van der Waals surface area (Å²) in [6, 6.07) is 0.156. The van der Waals surface area contributed by atoms with Crippen LogP contribution in [0.5, 0.6) is 11.5 Å². The van der Waals surface area contributed by atoms with Crippen molar-refractivity contribution in [3.8, 4) is 11.5 Å². The summed E-state index contributed by atoms with van der Waals surface area (Å²) in [4.78, 5) is 39.3. The Hall–Kier alpha value is -2.60. The molecule has 0 saturated carbocycles. The number of phenolic OH excluding ortho intramolecular Hbond substituents is 2. The van der Waals surface area contributed by atoms with Gasteiger partial charge in [0.05, 0.1) is 17.5 Å². The van der Waals surface area contributed by atoms with Crippen molar-refractivity contribution in [2.45, 2.75) is 19.8 Å². The number of carbonyl (C=O) groups excluding carboxylic acids is 3. The predicted octanol–water partition coefficient (Wildman–Crippen LogP) is 0.513. The first-order valence-electron chi connectivity index (χ1n) is 8.83. The Bertz CT molecular complexity index is 808. The van der Waals surface area contributed by atoms with Crippen LogP contribution in [0.15, 0.2) is 6.07 Å². The maximum atomic E-state index is 12.8. The number of benzene rings is 1. The van der Waals surface area contributed by atoms with E-state index in [1.54, 1.807) is 6.92 Å². The predicted molar refractivity (Wildman–Crippen MR) is 97.4 cm³/mol. The van der Waals surface area contributed by atoms with E-state index in [1.807, 2.05) is 0 Å². The quantitative estimate of drug-likeness (QED) is 0.262. The van der Waals surface area contributed by atoms with Crippen LogP contribution in [0.1, 0.15) is 30.1 Å². The Morgan fingerprint density at radius 3 is 2.38 bits per heavy atom. The van der Waals surface area contributed by atoms with Crippen molar-refractivity contribution in [2.24, 2.45) is 5.92 Å². The van der Waals surface area contributed by atoms with Crippen LogP contribution in [0, 0.1) is 5.92 Å². The number of phenols is 2. The first-order chi connectivity index (χ1) is 13.6. The molecule has 1 heterocycles. The molecule has 3 amide bonds. The first-order valence-corrected chi connectivity index (χ1v) is 9.21. The number of amides is 3. The second-order valence-electron chi connectivity index (χ2n) is 6.46. The summed E-state index contributed by atoms with van der Waals surface area (Å²) in [5, 5.41) is 36.4. The summed E-state index contributed by atoms with van der Waals surface area (Å²) in [6.07, 6.45) is 0.758. The minimum Gasteiger partial charge on any atom is -0.504 e. The van der Waals surface area contributed by atoms with Crippen LogP contribution in [-0.2, 0) is 9.53 Å². The molecule has 1 aromatic carbocycles. The second-order valence-corrected chi connectivity index (χ2v) is 6.87. The van der Waals surface area contributed by atoms with E-state index in [2.05, 4.69) is 0 Å². The van der Waals surface area contributed by atoms with Gasteiger partial charge in [0.2, 0.25) is 5.75 Å². The highest BCUT2D eigenvalue weighted by Gasteiger charge is 2.36. The number of ether oxygens (including phenoxy) is 1.